The van der Waals surface area contributed by atoms with Gasteiger partial charge >= 0.3 is 6.09 Å². The zero-order chi connectivity index (χ0) is 16.4. The topological polar surface area (TPSA) is 70.2 Å². The third-order valence-corrected chi connectivity index (χ3v) is 4.41. The average Bonchev–Trinajstić information content (AvgIpc) is 2.23. The molecule has 1 aliphatic heterocycles. The number of ether oxygens (including phenoxy) is 1. The molecule has 1 fully saturated rings. The van der Waals surface area contributed by atoms with Crippen LogP contribution >= 0.6 is 0 Å². The molecule has 0 spiro atoms. The number of hydrogen-bond acceptors (Lipinski definition) is 5. The lowest BCUT2D eigenvalue weighted by Gasteiger charge is -2.41. The van der Waals surface area contributed by atoms with Crippen LogP contribution < -0.4 is 0 Å². The molecule has 7 nitrogen and oxygen atoms in total. The molecule has 0 bridgehead atoms. The molecule has 1 amide bonds. The van der Waals surface area contributed by atoms with Gasteiger partial charge < -0.3 is 14.5 Å². The van der Waals surface area contributed by atoms with Crippen molar-refractivity contribution in [1.82, 2.24) is 14.1 Å². The summed E-state index contributed by atoms with van der Waals surface area (Å²) in [5.41, 5.74) is -0.553. The molecule has 0 radical (unpaired) electrons. The first-order chi connectivity index (χ1) is 9.40. The van der Waals surface area contributed by atoms with Crippen molar-refractivity contribution in [2.45, 2.75) is 32.4 Å². The first-order valence-electron chi connectivity index (χ1n) is 6.99. The molecule has 1 atom stereocenters. The summed E-state index contributed by atoms with van der Waals surface area (Å²) >= 11 is 0. The second-order valence-electron chi connectivity index (χ2n) is 6.72. The Morgan fingerprint density at radius 1 is 1.29 bits per heavy atom. The summed E-state index contributed by atoms with van der Waals surface area (Å²) in [5, 5.41) is 0. The number of rotatable bonds is 3. The van der Waals surface area contributed by atoms with Gasteiger partial charge in [0.25, 0.3) is 0 Å². The van der Waals surface area contributed by atoms with Crippen LogP contribution in [0.25, 0.3) is 0 Å². The molecule has 124 valence electrons. The van der Waals surface area contributed by atoms with E-state index in [-0.39, 0.29) is 12.1 Å². The van der Waals surface area contributed by atoms with Crippen molar-refractivity contribution >= 4 is 16.1 Å². The van der Waals surface area contributed by atoms with Crippen LogP contribution in [0.4, 0.5) is 4.79 Å². The van der Waals surface area contributed by atoms with E-state index in [0.29, 0.717) is 26.2 Å². The maximum Gasteiger partial charge on any atom is 0.410 e. The van der Waals surface area contributed by atoms with E-state index in [1.807, 2.05) is 39.8 Å². The summed E-state index contributed by atoms with van der Waals surface area (Å²) in [7, 11) is 0.487. The highest BCUT2D eigenvalue weighted by atomic mass is 32.2. The Labute approximate surface area is 127 Å². The monoisotopic (exact) mass is 321 g/mol. The Hall–Kier alpha value is -0.860. The van der Waals surface area contributed by atoms with E-state index in [0.717, 1.165) is 0 Å². The average molecular weight is 321 g/mol. The van der Waals surface area contributed by atoms with E-state index in [4.69, 9.17) is 4.74 Å². The number of carbonyl (C=O) groups is 1. The highest BCUT2D eigenvalue weighted by Crippen LogP contribution is 2.17. The van der Waals surface area contributed by atoms with Crippen molar-refractivity contribution in [1.29, 1.82) is 0 Å². The minimum atomic E-state index is -3.28. The molecule has 1 heterocycles. The quantitative estimate of drug-likeness (QED) is 0.754. The summed E-state index contributed by atoms with van der Waals surface area (Å²) in [5.74, 6) is 0. The van der Waals surface area contributed by atoms with E-state index in [1.54, 1.807) is 4.90 Å². The number of sulfonamides is 1. The molecule has 1 unspecified atom stereocenters. The van der Waals surface area contributed by atoms with Crippen LogP contribution in [-0.2, 0) is 14.8 Å². The number of carbonyl (C=O) groups excluding carboxylic acids is 1. The smallest absolute Gasteiger partial charge is 0.410 e. The standard InChI is InChI=1S/C13H27N3O4S/c1-13(2,3)20-12(17)15-7-8-16(21(6,18)19)11(10-15)9-14(4)5/h11H,7-10H2,1-6H3. The number of nitrogens with zero attached hydrogens (tertiary/aromatic N) is 3. The van der Waals surface area contributed by atoms with E-state index >= 15 is 0 Å². The molecule has 0 aliphatic carbocycles. The Bertz CT molecular complexity index is 470. The maximum atomic E-state index is 12.1. The summed E-state index contributed by atoms with van der Waals surface area (Å²) in [6.45, 7) is 7.01. The third kappa shape index (κ3) is 5.80. The Morgan fingerprint density at radius 2 is 1.86 bits per heavy atom. The number of amides is 1. The molecule has 1 saturated heterocycles. The molecule has 0 aromatic carbocycles. The number of likely N-dealkylation sites (N-methyl/N-ethyl adjacent to an activating group) is 1. The lowest BCUT2D eigenvalue weighted by molar-refractivity contribution is 0.0116. The van der Waals surface area contributed by atoms with Crippen LogP contribution in [0.5, 0.6) is 0 Å². The van der Waals surface area contributed by atoms with Crippen molar-refractivity contribution in [3.8, 4) is 0 Å². The van der Waals surface area contributed by atoms with Crippen LogP contribution in [0, 0.1) is 0 Å². The van der Waals surface area contributed by atoms with Crippen LogP contribution in [0.3, 0.4) is 0 Å². The number of hydrogen-bond donors (Lipinski definition) is 0. The highest BCUT2D eigenvalue weighted by Gasteiger charge is 2.36. The minimum Gasteiger partial charge on any atom is -0.444 e. The lowest BCUT2D eigenvalue weighted by atomic mass is 10.2. The van der Waals surface area contributed by atoms with Crippen LogP contribution in [-0.4, -0.2) is 86.8 Å². The summed E-state index contributed by atoms with van der Waals surface area (Å²) in [6, 6.07) is -0.253. The second-order valence-corrected chi connectivity index (χ2v) is 8.65. The fraction of sp³-hybridized carbons (Fsp3) is 0.923. The van der Waals surface area contributed by atoms with E-state index in [1.165, 1.54) is 10.6 Å². The molecule has 0 N–H and O–H groups in total. The second kappa shape index (κ2) is 6.50. The maximum absolute atomic E-state index is 12.1. The van der Waals surface area contributed by atoms with Crippen molar-refractivity contribution in [3.63, 3.8) is 0 Å². The van der Waals surface area contributed by atoms with Gasteiger partial charge in [-0.1, -0.05) is 0 Å². The van der Waals surface area contributed by atoms with Crippen molar-refractivity contribution in [2.75, 3.05) is 46.5 Å². The molecular weight excluding hydrogens is 294 g/mol. The molecule has 0 saturated carbocycles. The summed E-state index contributed by atoms with van der Waals surface area (Å²) < 4.78 is 30.5. The Balaban J connectivity index is 2.81. The largest absolute Gasteiger partial charge is 0.444 e. The van der Waals surface area contributed by atoms with E-state index in [2.05, 4.69) is 0 Å². The zero-order valence-electron chi connectivity index (χ0n) is 13.8. The SMILES string of the molecule is CN(C)CC1CN(C(=O)OC(C)(C)C)CCN1S(C)(=O)=O. The first-order valence-corrected chi connectivity index (χ1v) is 8.84. The Kier molecular flexibility index (Phi) is 5.63. The van der Waals surface area contributed by atoms with Gasteiger partial charge in [0.2, 0.25) is 10.0 Å². The molecule has 8 heteroatoms. The molecule has 1 aliphatic rings. The summed E-state index contributed by atoms with van der Waals surface area (Å²) in [6.07, 6.45) is 0.818. The van der Waals surface area contributed by atoms with Crippen molar-refractivity contribution in [2.24, 2.45) is 0 Å². The van der Waals surface area contributed by atoms with Crippen molar-refractivity contribution in [3.05, 3.63) is 0 Å². The third-order valence-electron chi connectivity index (χ3n) is 3.08. The molecule has 0 aromatic heterocycles. The zero-order valence-corrected chi connectivity index (χ0v) is 14.6. The fourth-order valence-corrected chi connectivity index (χ4v) is 3.43. The minimum absolute atomic E-state index is 0.253. The van der Waals surface area contributed by atoms with Crippen LogP contribution in [0.2, 0.25) is 0 Å². The molecule has 21 heavy (non-hydrogen) atoms. The van der Waals surface area contributed by atoms with Gasteiger partial charge in [0.15, 0.2) is 0 Å². The summed E-state index contributed by atoms with van der Waals surface area (Å²) in [4.78, 5) is 15.6. The normalized spacial score (nSPS) is 21.7. The van der Waals surface area contributed by atoms with E-state index in [9.17, 15) is 13.2 Å². The van der Waals surface area contributed by atoms with Crippen LogP contribution in [0.1, 0.15) is 20.8 Å². The van der Waals surface area contributed by atoms with Gasteiger partial charge in [-0.05, 0) is 34.9 Å². The van der Waals surface area contributed by atoms with Gasteiger partial charge in [-0.15, -0.1) is 0 Å². The predicted molar refractivity (Wildman–Crippen MR) is 81.7 cm³/mol. The van der Waals surface area contributed by atoms with Gasteiger partial charge in [0, 0.05) is 26.2 Å². The molecule has 1 rings (SSSR count). The lowest BCUT2D eigenvalue weighted by Crippen LogP contribution is -2.59. The van der Waals surface area contributed by atoms with Gasteiger partial charge in [0.05, 0.1) is 12.3 Å². The van der Waals surface area contributed by atoms with Gasteiger partial charge in [0.1, 0.15) is 5.60 Å². The first kappa shape index (κ1) is 18.2. The van der Waals surface area contributed by atoms with Crippen molar-refractivity contribution < 1.29 is 17.9 Å². The molecular formula is C13H27N3O4S. The number of piperazine rings is 1. The van der Waals surface area contributed by atoms with Gasteiger partial charge in [-0.2, -0.15) is 4.31 Å². The molecule has 0 aromatic rings. The fourth-order valence-electron chi connectivity index (χ4n) is 2.34. The van der Waals surface area contributed by atoms with Gasteiger partial charge in [-0.25, -0.2) is 13.2 Å². The van der Waals surface area contributed by atoms with Crippen LogP contribution in [0.15, 0.2) is 0 Å². The highest BCUT2D eigenvalue weighted by molar-refractivity contribution is 7.88. The van der Waals surface area contributed by atoms with Gasteiger partial charge in [-0.3, -0.25) is 0 Å². The van der Waals surface area contributed by atoms with E-state index < -0.39 is 15.6 Å². The predicted octanol–water partition coefficient (Wildman–Crippen LogP) is 0.429. The Morgan fingerprint density at radius 3 is 2.29 bits per heavy atom.